The third-order valence-electron chi connectivity index (χ3n) is 3.51. The molecule has 0 aliphatic heterocycles. The molecule has 0 heterocycles. The number of hydrogen-bond donors (Lipinski definition) is 1. The lowest BCUT2D eigenvalue weighted by Crippen LogP contribution is -2.50. The van der Waals surface area contributed by atoms with Crippen LogP contribution in [0.5, 0.6) is 0 Å². The van der Waals surface area contributed by atoms with Crippen molar-refractivity contribution in [2.75, 3.05) is 20.6 Å². The molecule has 1 aliphatic carbocycles. The van der Waals surface area contributed by atoms with Crippen LogP contribution in [-0.4, -0.2) is 37.6 Å². The van der Waals surface area contributed by atoms with Crippen LogP contribution in [-0.2, 0) is 0 Å². The molecule has 1 rings (SSSR count). The number of likely N-dealkylation sites (N-methyl/N-ethyl adjacent to an activating group) is 2. The topological polar surface area (TPSA) is 15.3 Å². The van der Waals surface area contributed by atoms with Crippen LogP contribution >= 0.6 is 0 Å². The lowest BCUT2D eigenvalue weighted by atomic mass is 9.83. The van der Waals surface area contributed by atoms with E-state index in [1.807, 2.05) is 0 Å². The highest BCUT2D eigenvalue weighted by Gasteiger charge is 2.29. The fourth-order valence-corrected chi connectivity index (χ4v) is 2.41. The van der Waals surface area contributed by atoms with Crippen molar-refractivity contribution in [3.05, 3.63) is 0 Å². The Labute approximate surface area is 82.7 Å². The maximum atomic E-state index is 3.45. The summed E-state index contributed by atoms with van der Waals surface area (Å²) in [5, 5.41) is 3.45. The minimum absolute atomic E-state index is 0.709. The molecule has 0 aromatic rings. The van der Waals surface area contributed by atoms with E-state index in [1.54, 1.807) is 0 Å². The molecule has 0 bridgehead atoms. The van der Waals surface area contributed by atoms with Gasteiger partial charge in [-0.25, -0.2) is 0 Å². The van der Waals surface area contributed by atoms with Crippen LogP contribution in [0, 0.1) is 5.92 Å². The number of rotatable bonds is 3. The summed E-state index contributed by atoms with van der Waals surface area (Å²) < 4.78 is 0. The quantitative estimate of drug-likeness (QED) is 0.718. The van der Waals surface area contributed by atoms with Gasteiger partial charge in [-0.1, -0.05) is 13.8 Å². The van der Waals surface area contributed by atoms with Crippen molar-refractivity contribution >= 4 is 0 Å². The van der Waals surface area contributed by atoms with Gasteiger partial charge in [0.05, 0.1) is 0 Å². The molecule has 3 atom stereocenters. The van der Waals surface area contributed by atoms with Crippen LogP contribution in [0.3, 0.4) is 0 Å². The maximum absolute atomic E-state index is 3.45. The normalized spacial score (nSPS) is 35.3. The summed E-state index contributed by atoms with van der Waals surface area (Å²) in [5.41, 5.74) is 0. The van der Waals surface area contributed by atoms with E-state index in [0.717, 1.165) is 18.5 Å². The highest BCUT2D eigenvalue weighted by atomic mass is 15.2. The van der Waals surface area contributed by atoms with E-state index < -0.39 is 0 Å². The summed E-state index contributed by atoms with van der Waals surface area (Å²) in [6.45, 7) is 5.78. The summed E-state index contributed by atoms with van der Waals surface area (Å²) in [7, 11) is 4.34. The summed E-state index contributed by atoms with van der Waals surface area (Å²) in [5.74, 6) is 0.906. The van der Waals surface area contributed by atoms with Crippen molar-refractivity contribution in [2.45, 2.75) is 45.2 Å². The van der Waals surface area contributed by atoms with E-state index in [4.69, 9.17) is 0 Å². The van der Waals surface area contributed by atoms with Gasteiger partial charge in [-0.15, -0.1) is 0 Å². The average Bonchev–Trinajstić information content (AvgIpc) is 2.16. The first-order valence-corrected chi connectivity index (χ1v) is 5.56. The van der Waals surface area contributed by atoms with Crippen LogP contribution in [0.4, 0.5) is 0 Å². The van der Waals surface area contributed by atoms with Gasteiger partial charge in [-0.3, -0.25) is 0 Å². The second-order valence-electron chi connectivity index (χ2n) is 4.45. The van der Waals surface area contributed by atoms with Crippen LogP contribution in [0.2, 0.25) is 0 Å². The predicted octanol–water partition coefficient (Wildman–Crippen LogP) is 1.71. The van der Waals surface area contributed by atoms with Crippen LogP contribution in [0.1, 0.15) is 33.1 Å². The molecule has 1 N–H and O–H groups in total. The molecule has 3 unspecified atom stereocenters. The van der Waals surface area contributed by atoms with Gasteiger partial charge in [0.15, 0.2) is 0 Å². The SMILES string of the molecule is CCN(C)C1CC(C)CCC1NC. The largest absolute Gasteiger partial charge is 0.315 e. The third-order valence-corrected chi connectivity index (χ3v) is 3.51. The Morgan fingerprint density at radius 3 is 2.62 bits per heavy atom. The molecule has 2 nitrogen and oxygen atoms in total. The van der Waals surface area contributed by atoms with E-state index >= 15 is 0 Å². The lowest BCUT2D eigenvalue weighted by Gasteiger charge is -2.40. The molecule has 0 spiro atoms. The van der Waals surface area contributed by atoms with Crippen LogP contribution < -0.4 is 5.32 Å². The van der Waals surface area contributed by atoms with Gasteiger partial charge in [0.25, 0.3) is 0 Å². The molecule has 1 aliphatic rings. The van der Waals surface area contributed by atoms with Gasteiger partial charge < -0.3 is 10.2 Å². The highest BCUT2D eigenvalue weighted by molar-refractivity contribution is 4.88. The zero-order chi connectivity index (χ0) is 9.84. The molecule has 0 saturated heterocycles. The van der Waals surface area contributed by atoms with Gasteiger partial charge in [-0.2, -0.15) is 0 Å². The Bertz CT molecular complexity index is 147. The summed E-state index contributed by atoms with van der Waals surface area (Å²) in [6, 6.07) is 1.46. The average molecular weight is 184 g/mol. The highest BCUT2D eigenvalue weighted by Crippen LogP contribution is 2.26. The van der Waals surface area contributed by atoms with E-state index in [-0.39, 0.29) is 0 Å². The molecule has 1 saturated carbocycles. The second kappa shape index (κ2) is 4.97. The molecule has 78 valence electrons. The smallest absolute Gasteiger partial charge is 0.0248 e. The molecular formula is C11H24N2. The van der Waals surface area contributed by atoms with Crippen molar-refractivity contribution in [1.82, 2.24) is 10.2 Å². The molecule has 0 amide bonds. The van der Waals surface area contributed by atoms with Crippen molar-refractivity contribution in [3.63, 3.8) is 0 Å². The van der Waals surface area contributed by atoms with E-state index in [2.05, 4.69) is 38.2 Å². The van der Waals surface area contributed by atoms with E-state index in [9.17, 15) is 0 Å². The van der Waals surface area contributed by atoms with Crippen molar-refractivity contribution in [2.24, 2.45) is 5.92 Å². The second-order valence-corrected chi connectivity index (χ2v) is 4.45. The lowest BCUT2D eigenvalue weighted by molar-refractivity contribution is 0.134. The molecular weight excluding hydrogens is 160 g/mol. The number of nitrogens with one attached hydrogen (secondary N) is 1. The Morgan fingerprint density at radius 1 is 1.38 bits per heavy atom. The Balaban J connectivity index is 2.54. The van der Waals surface area contributed by atoms with E-state index in [1.165, 1.54) is 19.3 Å². The van der Waals surface area contributed by atoms with Gasteiger partial charge >= 0.3 is 0 Å². The fourth-order valence-electron chi connectivity index (χ4n) is 2.41. The van der Waals surface area contributed by atoms with Crippen molar-refractivity contribution in [3.8, 4) is 0 Å². The fraction of sp³-hybridized carbons (Fsp3) is 1.00. The Kier molecular flexibility index (Phi) is 4.20. The third kappa shape index (κ3) is 2.68. The summed E-state index contributed by atoms with van der Waals surface area (Å²) in [4.78, 5) is 2.48. The van der Waals surface area contributed by atoms with Crippen molar-refractivity contribution < 1.29 is 0 Å². The monoisotopic (exact) mass is 184 g/mol. The first kappa shape index (κ1) is 11.0. The Hall–Kier alpha value is -0.0800. The molecule has 1 fully saturated rings. The van der Waals surface area contributed by atoms with Crippen LogP contribution in [0.25, 0.3) is 0 Å². The molecule has 0 aromatic carbocycles. The predicted molar refractivity (Wildman–Crippen MR) is 58.0 cm³/mol. The minimum Gasteiger partial charge on any atom is -0.315 e. The van der Waals surface area contributed by atoms with Crippen molar-refractivity contribution in [1.29, 1.82) is 0 Å². The molecule has 0 aromatic heterocycles. The van der Waals surface area contributed by atoms with E-state index in [0.29, 0.717) is 6.04 Å². The van der Waals surface area contributed by atoms with Crippen LogP contribution in [0.15, 0.2) is 0 Å². The summed E-state index contributed by atoms with van der Waals surface area (Å²) in [6.07, 6.45) is 4.09. The maximum Gasteiger partial charge on any atom is 0.0248 e. The Morgan fingerprint density at radius 2 is 2.08 bits per heavy atom. The zero-order valence-corrected chi connectivity index (χ0v) is 9.51. The summed E-state index contributed by atoms with van der Waals surface area (Å²) >= 11 is 0. The molecule has 13 heavy (non-hydrogen) atoms. The van der Waals surface area contributed by atoms with Gasteiger partial charge in [0.1, 0.15) is 0 Å². The molecule has 0 radical (unpaired) electrons. The number of hydrogen-bond acceptors (Lipinski definition) is 2. The first-order chi connectivity index (χ1) is 6.19. The number of nitrogens with zero attached hydrogens (tertiary/aromatic N) is 1. The zero-order valence-electron chi connectivity index (χ0n) is 9.51. The molecule has 2 heteroatoms. The van der Waals surface area contributed by atoms with Gasteiger partial charge in [0, 0.05) is 12.1 Å². The minimum atomic E-state index is 0.709. The van der Waals surface area contributed by atoms with Gasteiger partial charge in [-0.05, 0) is 45.8 Å². The van der Waals surface area contributed by atoms with Gasteiger partial charge in [0.2, 0.25) is 0 Å². The standard InChI is InChI=1S/C11H24N2/c1-5-13(4)11-8-9(2)6-7-10(11)12-3/h9-12H,5-8H2,1-4H3. The first-order valence-electron chi connectivity index (χ1n) is 5.56.